The summed E-state index contributed by atoms with van der Waals surface area (Å²) in [4.78, 5) is 7.87. The summed E-state index contributed by atoms with van der Waals surface area (Å²) in [5.41, 5.74) is 3.03. The molecule has 0 bridgehead atoms. The van der Waals surface area contributed by atoms with Crippen LogP contribution in [0.5, 0.6) is 5.75 Å². The number of oxime groups is 1. The Kier molecular flexibility index (Phi) is 8.51. The van der Waals surface area contributed by atoms with E-state index in [-0.39, 0.29) is 6.10 Å². The summed E-state index contributed by atoms with van der Waals surface area (Å²) in [7, 11) is 1.66. The van der Waals surface area contributed by atoms with Gasteiger partial charge in [-0.05, 0) is 42.3 Å². The molecule has 0 fully saturated rings. The van der Waals surface area contributed by atoms with Crippen molar-refractivity contribution in [2.75, 3.05) is 33.4 Å². The van der Waals surface area contributed by atoms with E-state index >= 15 is 0 Å². The molecule has 0 aliphatic carbocycles. The fourth-order valence-electron chi connectivity index (χ4n) is 3.46. The Balaban J connectivity index is 1.63. The van der Waals surface area contributed by atoms with Crippen LogP contribution in [0.1, 0.15) is 24.5 Å². The minimum Gasteiger partial charge on any atom is -0.497 e. The van der Waals surface area contributed by atoms with Crippen LogP contribution in [0, 0.1) is 0 Å². The largest absolute Gasteiger partial charge is 0.497 e. The van der Waals surface area contributed by atoms with Crippen molar-refractivity contribution >= 4 is 17.3 Å². The molecule has 0 saturated carbocycles. The second kappa shape index (κ2) is 11.3. The van der Waals surface area contributed by atoms with Crippen LogP contribution in [0.4, 0.5) is 0 Å². The van der Waals surface area contributed by atoms with E-state index in [9.17, 15) is 5.11 Å². The van der Waals surface area contributed by atoms with Gasteiger partial charge in [-0.2, -0.15) is 0 Å². The third kappa shape index (κ3) is 6.71. The summed E-state index contributed by atoms with van der Waals surface area (Å²) in [5, 5.41) is 15.4. The minimum absolute atomic E-state index is 0.0828. The van der Waals surface area contributed by atoms with Crippen molar-refractivity contribution in [3.8, 4) is 5.75 Å². The first-order valence-electron chi connectivity index (χ1n) is 10.2. The summed E-state index contributed by atoms with van der Waals surface area (Å²) in [6.45, 7) is 4.59. The lowest BCUT2D eigenvalue weighted by Crippen LogP contribution is -2.39. The molecule has 2 aromatic rings. The molecule has 1 N–H and O–H groups in total. The molecule has 30 heavy (non-hydrogen) atoms. The quantitative estimate of drug-likeness (QED) is 0.586. The molecule has 0 radical (unpaired) electrons. The molecule has 7 heteroatoms. The summed E-state index contributed by atoms with van der Waals surface area (Å²) >= 11 is 5.98. The highest BCUT2D eigenvalue weighted by atomic mass is 35.5. The van der Waals surface area contributed by atoms with E-state index in [0.29, 0.717) is 44.3 Å². The third-order valence-electron chi connectivity index (χ3n) is 4.90. The number of hydrogen-bond donors (Lipinski definition) is 1. The van der Waals surface area contributed by atoms with Crippen molar-refractivity contribution in [1.82, 2.24) is 4.90 Å². The Morgan fingerprint density at radius 2 is 2.07 bits per heavy atom. The van der Waals surface area contributed by atoms with Gasteiger partial charge in [0.2, 0.25) is 0 Å². The van der Waals surface area contributed by atoms with Gasteiger partial charge in [0.15, 0.2) is 0 Å². The highest BCUT2D eigenvalue weighted by Gasteiger charge is 2.26. The van der Waals surface area contributed by atoms with Crippen LogP contribution < -0.4 is 4.74 Å². The third-order valence-corrected chi connectivity index (χ3v) is 5.15. The fraction of sp³-hybridized carbons (Fsp3) is 0.435. The number of hydrogen-bond acceptors (Lipinski definition) is 6. The van der Waals surface area contributed by atoms with Gasteiger partial charge >= 0.3 is 0 Å². The van der Waals surface area contributed by atoms with E-state index in [1.54, 1.807) is 7.11 Å². The number of ether oxygens (including phenoxy) is 2. The van der Waals surface area contributed by atoms with Crippen molar-refractivity contribution in [3.63, 3.8) is 0 Å². The lowest BCUT2D eigenvalue weighted by molar-refractivity contribution is 0.000485. The Morgan fingerprint density at radius 3 is 2.80 bits per heavy atom. The monoisotopic (exact) mass is 432 g/mol. The molecule has 162 valence electrons. The Bertz CT molecular complexity index is 828. The van der Waals surface area contributed by atoms with Crippen molar-refractivity contribution in [3.05, 3.63) is 64.7 Å². The summed E-state index contributed by atoms with van der Waals surface area (Å²) in [5.74, 6) is 0.813. The van der Waals surface area contributed by atoms with E-state index in [0.717, 1.165) is 22.6 Å². The summed E-state index contributed by atoms with van der Waals surface area (Å²) < 4.78 is 10.7. The average Bonchev–Trinajstić information content (AvgIpc) is 3.21. The van der Waals surface area contributed by atoms with Crippen molar-refractivity contribution in [2.45, 2.75) is 32.1 Å². The van der Waals surface area contributed by atoms with Gasteiger partial charge in [-0.25, -0.2) is 0 Å². The van der Waals surface area contributed by atoms with Gasteiger partial charge < -0.3 is 19.4 Å². The second-order valence-electron chi connectivity index (χ2n) is 7.34. The smallest absolute Gasteiger partial charge is 0.145 e. The molecular formula is C23H29ClN2O4. The van der Waals surface area contributed by atoms with E-state index in [2.05, 4.69) is 16.1 Å². The summed E-state index contributed by atoms with van der Waals surface area (Å²) in [6, 6.07) is 15.6. The number of rotatable bonds is 11. The van der Waals surface area contributed by atoms with Crippen molar-refractivity contribution in [1.29, 1.82) is 0 Å². The number of benzene rings is 2. The predicted octanol–water partition coefficient (Wildman–Crippen LogP) is 3.74. The number of halogens is 1. The maximum Gasteiger partial charge on any atom is 0.145 e. The molecule has 1 aliphatic rings. The maximum absolute atomic E-state index is 10.4. The Hall–Kier alpha value is -2.12. The lowest BCUT2D eigenvalue weighted by Gasteiger charge is -2.27. The number of aliphatic hydroxyl groups excluding tert-OH is 1. The first-order valence-corrected chi connectivity index (χ1v) is 10.5. The van der Waals surface area contributed by atoms with Crippen LogP contribution in [0.25, 0.3) is 0 Å². The van der Waals surface area contributed by atoms with Crippen molar-refractivity contribution < 1.29 is 19.4 Å². The molecule has 6 nitrogen and oxygen atoms in total. The molecule has 3 rings (SSSR count). The first kappa shape index (κ1) is 22.6. The highest BCUT2D eigenvalue weighted by Crippen LogP contribution is 2.21. The highest BCUT2D eigenvalue weighted by molar-refractivity contribution is 6.30. The molecule has 0 amide bonds. The van der Waals surface area contributed by atoms with Gasteiger partial charge in [0, 0.05) is 37.7 Å². The van der Waals surface area contributed by atoms with Crippen LogP contribution in [-0.2, 0) is 16.1 Å². The standard InChI is InChI=1S/C23H29ClN2O4/c1-3-29-16-20(27)14-26(13-17-5-4-6-21(11-17)28-2)15-22-12-23(25-30-22)18-7-9-19(24)10-8-18/h4-11,20,22,27H,3,12-16H2,1-2H3. The molecule has 1 heterocycles. The molecule has 2 atom stereocenters. The van der Waals surface area contributed by atoms with E-state index in [4.69, 9.17) is 25.9 Å². The van der Waals surface area contributed by atoms with Crippen LogP contribution >= 0.6 is 11.6 Å². The van der Waals surface area contributed by atoms with Gasteiger partial charge in [-0.1, -0.05) is 41.0 Å². The zero-order chi connectivity index (χ0) is 21.3. The van der Waals surface area contributed by atoms with Gasteiger partial charge in [0.25, 0.3) is 0 Å². The molecule has 0 saturated heterocycles. The van der Waals surface area contributed by atoms with Crippen LogP contribution in [0.3, 0.4) is 0 Å². The maximum atomic E-state index is 10.4. The van der Waals surface area contributed by atoms with Gasteiger partial charge in [0.05, 0.1) is 25.5 Å². The van der Waals surface area contributed by atoms with Gasteiger partial charge in [-0.3, -0.25) is 4.90 Å². The number of aliphatic hydroxyl groups is 1. The van der Waals surface area contributed by atoms with E-state index in [1.807, 2.05) is 49.4 Å². The zero-order valence-corrected chi connectivity index (χ0v) is 18.2. The first-order chi connectivity index (χ1) is 14.6. The van der Waals surface area contributed by atoms with Crippen LogP contribution in [-0.4, -0.2) is 61.3 Å². The normalized spacial score (nSPS) is 17.0. The zero-order valence-electron chi connectivity index (χ0n) is 17.5. The molecular weight excluding hydrogens is 404 g/mol. The van der Waals surface area contributed by atoms with E-state index < -0.39 is 6.10 Å². The molecule has 2 aromatic carbocycles. The number of methoxy groups -OCH3 is 1. The predicted molar refractivity (Wildman–Crippen MR) is 118 cm³/mol. The fourth-order valence-corrected chi connectivity index (χ4v) is 3.59. The molecule has 0 spiro atoms. The second-order valence-corrected chi connectivity index (χ2v) is 7.77. The van der Waals surface area contributed by atoms with Crippen LogP contribution in [0.2, 0.25) is 5.02 Å². The molecule has 0 aromatic heterocycles. The SMILES string of the molecule is CCOCC(O)CN(Cc1cccc(OC)c1)CC1CC(c2ccc(Cl)cc2)=NO1. The molecule has 2 unspecified atom stereocenters. The van der Waals surface area contributed by atoms with Crippen molar-refractivity contribution in [2.24, 2.45) is 5.16 Å². The minimum atomic E-state index is -0.575. The molecule has 1 aliphatic heterocycles. The number of nitrogens with zero attached hydrogens (tertiary/aromatic N) is 2. The van der Waals surface area contributed by atoms with E-state index in [1.165, 1.54) is 0 Å². The lowest BCUT2D eigenvalue weighted by atomic mass is 10.0. The van der Waals surface area contributed by atoms with Crippen LogP contribution in [0.15, 0.2) is 53.7 Å². The Morgan fingerprint density at radius 1 is 1.27 bits per heavy atom. The topological polar surface area (TPSA) is 63.5 Å². The average molecular weight is 433 g/mol. The van der Waals surface area contributed by atoms with Gasteiger partial charge in [0.1, 0.15) is 11.9 Å². The van der Waals surface area contributed by atoms with Gasteiger partial charge in [-0.15, -0.1) is 0 Å². The summed E-state index contributed by atoms with van der Waals surface area (Å²) in [6.07, 6.45) is 0.0480. The Labute approximate surface area is 183 Å².